The Hall–Kier alpha value is -3.92. The first-order valence-electron chi connectivity index (χ1n) is 11.4. The molecule has 0 heterocycles. The Morgan fingerprint density at radius 2 is 1.41 bits per heavy atom. The number of anilines is 1. The van der Waals surface area contributed by atoms with E-state index in [1.54, 1.807) is 68.6 Å². The molecule has 0 saturated carbocycles. The first-order valence-corrected chi connectivity index (χ1v) is 12.9. The predicted molar refractivity (Wildman–Crippen MR) is 141 cm³/mol. The first kappa shape index (κ1) is 27.7. The minimum absolute atomic E-state index is 0.0149. The molecule has 0 aromatic heterocycles. The number of aryl methyl sites for hydroxylation is 1. The number of amides is 1. The predicted octanol–water partition coefficient (Wildman–Crippen LogP) is 3.88. The zero-order chi connectivity index (χ0) is 27.2. The van der Waals surface area contributed by atoms with Crippen LogP contribution in [0.4, 0.5) is 5.69 Å². The SMILES string of the molecule is COc1ccc(C)cc1S(=O)(=O)N(CC(=O)N(C)Cc1cc(OC)c(OC)c(OC)c1)c1ccccc1. The van der Waals surface area contributed by atoms with Crippen molar-refractivity contribution in [1.29, 1.82) is 0 Å². The standard InChI is InChI=1S/C27H32N2O7S/c1-19-12-13-22(33-3)25(14-19)37(31,32)29(21-10-8-7-9-11-21)18-26(30)28(2)17-20-15-23(34-4)27(36-6)24(16-20)35-5/h7-16H,17-18H2,1-6H3. The van der Waals surface area contributed by atoms with Crippen molar-refractivity contribution in [3.8, 4) is 23.0 Å². The fraction of sp³-hybridized carbons (Fsp3) is 0.296. The molecule has 3 aromatic carbocycles. The molecule has 0 bridgehead atoms. The Kier molecular flexibility index (Phi) is 8.88. The molecular weight excluding hydrogens is 496 g/mol. The molecule has 198 valence electrons. The number of ether oxygens (including phenoxy) is 4. The van der Waals surface area contributed by atoms with Gasteiger partial charge in [-0.2, -0.15) is 0 Å². The summed E-state index contributed by atoms with van der Waals surface area (Å²) < 4.78 is 50.3. The third kappa shape index (κ3) is 6.08. The van der Waals surface area contributed by atoms with Crippen molar-refractivity contribution < 1.29 is 32.2 Å². The molecule has 0 unspecified atom stereocenters. The number of rotatable bonds is 11. The van der Waals surface area contributed by atoms with Crippen molar-refractivity contribution >= 4 is 21.6 Å². The number of para-hydroxylation sites is 1. The average Bonchev–Trinajstić information content (AvgIpc) is 2.91. The molecule has 0 saturated heterocycles. The minimum atomic E-state index is -4.15. The first-order chi connectivity index (χ1) is 17.7. The van der Waals surface area contributed by atoms with Gasteiger partial charge in [-0.3, -0.25) is 9.10 Å². The maximum Gasteiger partial charge on any atom is 0.268 e. The van der Waals surface area contributed by atoms with E-state index in [1.807, 2.05) is 0 Å². The zero-order valence-electron chi connectivity index (χ0n) is 21.8. The fourth-order valence-electron chi connectivity index (χ4n) is 3.85. The quantitative estimate of drug-likeness (QED) is 0.373. The fourth-order valence-corrected chi connectivity index (χ4v) is 5.50. The Balaban J connectivity index is 1.95. The summed E-state index contributed by atoms with van der Waals surface area (Å²) in [6, 6.07) is 16.9. The Bertz CT molecular complexity index is 1320. The molecule has 0 aliphatic rings. The van der Waals surface area contributed by atoms with Crippen LogP contribution in [0.1, 0.15) is 11.1 Å². The van der Waals surface area contributed by atoms with Crippen molar-refractivity contribution in [2.45, 2.75) is 18.4 Å². The lowest BCUT2D eigenvalue weighted by Gasteiger charge is -2.27. The highest BCUT2D eigenvalue weighted by atomic mass is 32.2. The van der Waals surface area contributed by atoms with Gasteiger partial charge >= 0.3 is 0 Å². The Morgan fingerprint density at radius 3 is 1.95 bits per heavy atom. The molecular formula is C27H32N2O7S. The number of benzene rings is 3. The van der Waals surface area contributed by atoms with Crippen LogP contribution in [0.25, 0.3) is 0 Å². The number of hydrogen-bond donors (Lipinski definition) is 0. The van der Waals surface area contributed by atoms with Gasteiger partial charge in [-0.1, -0.05) is 24.3 Å². The molecule has 37 heavy (non-hydrogen) atoms. The minimum Gasteiger partial charge on any atom is -0.495 e. The van der Waals surface area contributed by atoms with Gasteiger partial charge in [-0.25, -0.2) is 8.42 Å². The molecule has 10 heteroatoms. The summed E-state index contributed by atoms with van der Waals surface area (Å²) >= 11 is 0. The smallest absolute Gasteiger partial charge is 0.268 e. The van der Waals surface area contributed by atoms with E-state index in [0.717, 1.165) is 15.4 Å². The van der Waals surface area contributed by atoms with Crippen LogP contribution < -0.4 is 23.3 Å². The maximum absolute atomic E-state index is 13.8. The van der Waals surface area contributed by atoms with Crippen LogP contribution in [-0.2, 0) is 21.4 Å². The number of sulfonamides is 1. The van der Waals surface area contributed by atoms with E-state index >= 15 is 0 Å². The van der Waals surface area contributed by atoms with E-state index in [9.17, 15) is 13.2 Å². The summed E-state index contributed by atoms with van der Waals surface area (Å²) in [5.74, 6) is 1.14. The molecule has 0 aliphatic carbocycles. The highest BCUT2D eigenvalue weighted by molar-refractivity contribution is 7.93. The van der Waals surface area contributed by atoms with Gasteiger partial charge in [0.05, 0.1) is 34.1 Å². The Labute approximate surface area is 218 Å². The van der Waals surface area contributed by atoms with E-state index in [4.69, 9.17) is 18.9 Å². The van der Waals surface area contributed by atoms with Crippen LogP contribution in [0.15, 0.2) is 65.6 Å². The summed E-state index contributed by atoms with van der Waals surface area (Å²) in [5.41, 5.74) is 1.83. The van der Waals surface area contributed by atoms with Crippen molar-refractivity contribution in [3.05, 3.63) is 71.8 Å². The van der Waals surface area contributed by atoms with E-state index in [2.05, 4.69) is 0 Å². The van der Waals surface area contributed by atoms with Gasteiger partial charge in [0.2, 0.25) is 11.7 Å². The molecule has 0 fully saturated rings. The van der Waals surface area contributed by atoms with Crippen LogP contribution in [0, 0.1) is 6.92 Å². The maximum atomic E-state index is 13.8. The van der Waals surface area contributed by atoms with E-state index in [0.29, 0.717) is 22.9 Å². The van der Waals surface area contributed by atoms with Crippen molar-refractivity contribution in [2.75, 3.05) is 46.3 Å². The van der Waals surface area contributed by atoms with Gasteiger partial charge in [0, 0.05) is 13.6 Å². The highest BCUT2D eigenvalue weighted by Gasteiger charge is 2.31. The van der Waals surface area contributed by atoms with Gasteiger partial charge in [-0.05, 0) is 54.4 Å². The number of carbonyl (C=O) groups excluding carboxylic acids is 1. The molecule has 0 N–H and O–H groups in total. The van der Waals surface area contributed by atoms with Crippen molar-refractivity contribution in [1.82, 2.24) is 4.90 Å². The molecule has 3 rings (SSSR count). The molecule has 0 atom stereocenters. The van der Waals surface area contributed by atoms with Crippen LogP contribution >= 0.6 is 0 Å². The van der Waals surface area contributed by atoms with Crippen molar-refractivity contribution in [3.63, 3.8) is 0 Å². The molecule has 0 aliphatic heterocycles. The summed E-state index contributed by atoms with van der Waals surface area (Å²) in [5, 5.41) is 0. The lowest BCUT2D eigenvalue weighted by molar-refractivity contribution is -0.128. The van der Waals surface area contributed by atoms with Crippen molar-refractivity contribution in [2.24, 2.45) is 0 Å². The summed E-state index contributed by atoms with van der Waals surface area (Å²) in [4.78, 5) is 14.8. The van der Waals surface area contributed by atoms with E-state index in [-0.39, 0.29) is 17.2 Å². The molecule has 0 radical (unpaired) electrons. The van der Waals surface area contributed by atoms with Gasteiger partial charge in [0.25, 0.3) is 10.0 Å². The normalized spacial score (nSPS) is 11.0. The number of methoxy groups -OCH3 is 4. The third-order valence-electron chi connectivity index (χ3n) is 5.78. The van der Waals surface area contributed by atoms with Gasteiger partial charge in [-0.15, -0.1) is 0 Å². The second-order valence-corrected chi connectivity index (χ2v) is 10.1. The zero-order valence-corrected chi connectivity index (χ0v) is 22.7. The highest BCUT2D eigenvalue weighted by Crippen LogP contribution is 2.38. The monoisotopic (exact) mass is 528 g/mol. The molecule has 0 spiro atoms. The number of nitrogens with zero attached hydrogens (tertiary/aromatic N) is 2. The molecule has 3 aromatic rings. The lowest BCUT2D eigenvalue weighted by Crippen LogP contribution is -2.41. The van der Waals surface area contributed by atoms with Gasteiger partial charge in [0.1, 0.15) is 17.2 Å². The van der Waals surface area contributed by atoms with Crippen LogP contribution in [-0.4, -0.2) is 61.3 Å². The van der Waals surface area contributed by atoms with Crippen LogP contribution in [0.5, 0.6) is 23.0 Å². The van der Waals surface area contributed by atoms with Crippen LogP contribution in [0.3, 0.4) is 0 Å². The molecule has 9 nitrogen and oxygen atoms in total. The number of carbonyl (C=O) groups is 1. The topological polar surface area (TPSA) is 94.6 Å². The van der Waals surface area contributed by atoms with Gasteiger partial charge < -0.3 is 23.8 Å². The largest absolute Gasteiger partial charge is 0.495 e. The number of hydrogen-bond acceptors (Lipinski definition) is 7. The van der Waals surface area contributed by atoms with E-state index in [1.165, 1.54) is 39.4 Å². The summed E-state index contributed by atoms with van der Waals surface area (Å²) in [6.07, 6.45) is 0. The third-order valence-corrected chi connectivity index (χ3v) is 7.58. The second-order valence-electron chi connectivity index (χ2n) is 8.28. The Morgan fingerprint density at radius 1 is 0.811 bits per heavy atom. The second kappa shape index (κ2) is 11.9. The van der Waals surface area contributed by atoms with E-state index < -0.39 is 22.5 Å². The summed E-state index contributed by atoms with van der Waals surface area (Å²) in [6.45, 7) is 1.57. The van der Waals surface area contributed by atoms with Gasteiger partial charge in [0.15, 0.2) is 11.5 Å². The summed E-state index contributed by atoms with van der Waals surface area (Å²) in [7, 11) is 3.40. The molecule has 1 amide bonds. The van der Waals surface area contributed by atoms with Crippen LogP contribution in [0.2, 0.25) is 0 Å². The average molecular weight is 529 g/mol. The number of likely N-dealkylation sites (N-methyl/N-ethyl adjacent to an activating group) is 1. The lowest BCUT2D eigenvalue weighted by atomic mass is 10.1.